The maximum Gasteiger partial charge on any atom is 0.269 e. The summed E-state index contributed by atoms with van der Waals surface area (Å²) < 4.78 is 5.56. The van der Waals surface area contributed by atoms with Gasteiger partial charge in [-0.2, -0.15) is 0 Å². The smallest absolute Gasteiger partial charge is 0.269 e. The minimum Gasteiger partial charge on any atom is -0.490 e. The van der Waals surface area contributed by atoms with E-state index in [1.54, 1.807) is 12.1 Å². The second-order valence-electron chi connectivity index (χ2n) is 3.19. The molecule has 0 aliphatic heterocycles. The maximum atomic E-state index is 10.4. The second-order valence-corrected chi connectivity index (χ2v) is 3.19. The van der Waals surface area contributed by atoms with Crippen LogP contribution in [0.4, 0.5) is 5.69 Å². The maximum absolute atomic E-state index is 10.4. The summed E-state index contributed by atoms with van der Waals surface area (Å²) >= 11 is 0. The number of hydrogen-bond acceptors (Lipinski definition) is 3. The van der Waals surface area contributed by atoms with E-state index in [4.69, 9.17) is 4.74 Å². The average Bonchev–Trinajstić information content (AvgIpc) is 2.26. The van der Waals surface area contributed by atoms with Gasteiger partial charge in [-0.3, -0.25) is 10.1 Å². The molecule has 1 rings (SSSR count). The van der Waals surface area contributed by atoms with Gasteiger partial charge in [-0.1, -0.05) is 6.92 Å². The first kappa shape index (κ1) is 11.5. The Bertz CT molecular complexity index is 317. The Morgan fingerprint density at radius 3 is 2.47 bits per heavy atom. The largest absolute Gasteiger partial charge is 0.490 e. The third kappa shape index (κ3) is 3.23. The second kappa shape index (κ2) is 5.34. The molecule has 0 aliphatic carbocycles. The Balaban J connectivity index is 2.67. The van der Waals surface area contributed by atoms with Gasteiger partial charge in [-0.05, 0) is 31.9 Å². The van der Waals surface area contributed by atoms with Crippen molar-refractivity contribution in [3.05, 3.63) is 41.3 Å². The molecule has 0 fully saturated rings. The first-order valence-corrected chi connectivity index (χ1v) is 4.87. The predicted molar refractivity (Wildman–Crippen MR) is 57.8 cm³/mol. The van der Waals surface area contributed by atoms with Gasteiger partial charge in [0.25, 0.3) is 5.69 Å². The molecule has 4 heteroatoms. The van der Waals surface area contributed by atoms with Crippen LogP contribution in [0.25, 0.3) is 0 Å². The lowest BCUT2D eigenvalue weighted by Crippen LogP contribution is -2.13. The highest BCUT2D eigenvalue weighted by molar-refractivity contribution is 5.36. The summed E-state index contributed by atoms with van der Waals surface area (Å²) in [6.07, 6.45) is 1.64. The van der Waals surface area contributed by atoms with Crippen LogP contribution in [0, 0.1) is 17.0 Å². The van der Waals surface area contributed by atoms with E-state index >= 15 is 0 Å². The molecule has 1 unspecified atom stereocenters. The molecule has 0 spiro atoms. The van der Waals surface area contributed by atoms with Crippen molar-refractivity contribution in [2.75, 3.05) is 0 Å². The van der Waals surface area contributed by atoms with Crippen LogP contribution in [0.5, 0.6) is 5.75 Å². The van der Waals surface area contributed by atoms with Gasteiger partial charge in [0.15, 0.2) is 0 Å². The van der Waals surface area contributed by atoms with Crippen LogP contribution in [0.2, 0.25) is 0 Å². The van der Waals surface area contributed by atoms with Crippen LogP contribution >= 0.6 is 0 Å². The standard InChI is InChI=1S/C11H14NO3/c1-3-10(4-2)15-11-7-5-9(6-8-11)12(13)14/h5-8,10H,1,3-4H2,2H3. The number of nitrogens with zero attached hydrogens (tertiary/aromatic N) is 1. The molecule has 81 valence electrons. The molecule has 0 aliphatic rings. The van der Waals surface area contributed by atoms with E-state index < -0.39 is 4.92 Å². The van der Waals surface area contributed by atoms with Crippen molar-refractivity contribution in [2.24, 2.45) is 0 Å². The van der Waals surface area contributed by atoms with Crippen molar-refractivity contribution in [2.45, 2.75) is 25.9 Å². The SMILES string of the molecule is [CH2]CC(CC)Oc1ccc([N+](=O)[O-])cc1. The Hall–Kier alpha value is -1.58. The summed E-state index contributed by atoms with van der Waals surface area (Å²) in [7, 11) is 0. The van der Waals surface area contributed by atoms with Crippen molar-refractivity contribution in [1.29, 1.82) is 0 Å². The highest BCUT2D eigenvalue weighted by atomic mass is 16.6. The van der Waals surface area contributed by atoms with Crippen LogP contribution in [-0.4, -0.2) is 11.0 Å². The molecular weight excluding hydrogens is 194 g/mol. The van der Waals surface area contributed by atoms with E-state index in [-0.39, 0.29) is 11.8 Å². The highest BCUT2D eigenvalue weighted by Gasteiger charge is 2.07. The zero-order valence-corrected chi connectivity index (χ0v) is 8.68. The van der Waals surface area contributed by atoms with Crippen LogP contribution in [0.15, 0.2) is 24.3 Å². The highest BCUT2D eigenvalue weighted by Crippen LogP contribution is 2.19. The summed E-state index contributed by atoms with van der Waals surface area (Å²) in [5.74, 6) is 0.649. The van der Waals surface area contributed by atoms with Crippen LogP contribution in [-0.2, 0) is 0 Å². The third-order valence-electron chi connectivity index (χ3n) is 2.13. The molecule has 0 N–H and O–H groups in total. The van der Waals surface area contributed by atoms with E-state index in [1.165, 1.54) is 12.1 Å². The average molecular weight is 208 g/mol. The lowest BCUT2D eigenvalue weighted by Gasteiger charge is -2.14. The van der Waals surface area contributed by atoms with E-state index in [0.29, 0.717) is 12.2 Å². The van der Waals surface area contributed by atoms with Gasteiger partial charge >= 0.3 is 0 Å². The van der Waals surface area contributed by atoms with Crippen molar-refractivity contribution < 1.29 is 9.66 Å². The molecule has 1 aromatic carbocycles. The normalized spacial score (nSPS) is 10.3. The summed E-state index contributed by atoms with van der Waals surface area (Å²) in [6, 6.07) is 6.09. The summed E-state index contributed by atoms with van der Waals surface area (Å²) in [6.45, 7) is 5.78. The van der Waals surface area contributed by atoms with Crippen molar-refractivity contribution in [3.63, 3.8) is 0 Å². The van der Waals surface area contributed by atoms with Gasteiger partial charge in [-0.15, -0.1) is 0 Å². The monoisotopic (exact) mass is 208 g/mol. The molecule has 0 amide bonds. The fourth-order valence-corrected chi connectivity index (χ4v) is 1.19. The number of nitro benzene ring substituents is 1. The number of nitro groups is 1. The molecule has 4 nitrogen and oxygen atoms in total. The Morgan fingerprint density at radius 1 is 1.47 bits per heavy atom. The van der Waals surface area contributed by atoms with Gasteiger partial charge in [0, 0.05) is 12.1 Å². The van der Waals surface area contributed by atoms with Crippen molar-refractivity contribution in [3.8, 4) is 5.75 Å². The van der Waals surface area contributed by atoms with Crippen LogP contribution in [0.1, 0.15) is 19.8 Å². The Kier molecular flexibility index (Phi) is 4.09. The number of rotatable bonds is 5. The first-order valence-electron chi connectivity index (χ1n) is 4.87. The lowest BCUT2D eigenvalue weighted by molar-refractivity contribution is -0.384. The topological polar surface area (TPSA) is 52.4 Å². The van der Waals surface area contributed by atoms with E-state index in [2.05, 4.69) is 6.92 Å². The number of benzene rings is 1. The molecule has 0 bridgehead atoms. The Labute approximate surface area is 89.0 Å². The first-order chi connectivity index (χ1) is 7.17. The van der Waals surface area contributed by atoms with Gasteiger partial charge in [-0.25, -0.2) is 0 Å². The van der Waals surface area contributed by atoms with Gasteiger partial charge in [0.05, 0.1) is 11.0 Å². The molecule has 15 heavy (non-hydrogen) atoms. The van der Waals surface area contributed by atoms with Crippen LogP contribution in [0.3, 0.4) is 0 Å². The third-order valence-corrected chi connectivity index (χ3v) is 2.13. The minimum atomic E-state index is -0.428. The molecule has 1 atom stereocenters. The van der Waals surface area contributed by atoms with Crippen molar-refractivity contribution >= 4 is 5.69 Å². The minimum absolute atomic E-state index is 0.0741. The molecule has 0 saturated heterocycles. The zero-order valence-electron chi connectivity index (χ0n) is 8.68. The molecule has 0 heterocycles. The van der Waals surface area contributed by atoms with Gasteiger partial charge < -0.3 is 4.74 Å². The molecular formula is C11H14NO3. The number of hydrogen-bond donors (Lipinski definition) is 0. The van der Waals surface area contributed by atoms with E-state index in [9.17, 15) is 10.1 Å². The lowest BCUT2D eigenvalue weighted by atomic mass is 10.2. The fraction of sp³-hybridized carbons (Fsp3) is 0.364. The van der Waals surface area contributed by atoms with Gasteiger partial charge in [0.2, 0.25) is 0 Å². The molecule has 0 aromatic heterocycles. The van der Waals surface area contributed by atoms with Gasteiger partial charge in [0.1, 0.15) is 5.75 Å². The van der Waals surface area contributed by atoms with E-state index in [0.717, 1.165) is 6.42 Å². The molecule has 1 aromatic rings. The quantitative estimate of drug-likeness (QED) is 0.552. The van der Waals surface area contributed by atoms with Crippen molar-refractivity contribution in [1.82, 2.24) is 0 Å². The summed E-state index contributed by atoms with van der Waals surface area (Å²) in [5.41, 5.74) is 0.0741. The number of ether oxygens (including phenoxy) is 1. The zero-order chi connectivity index (χ0) is 11.3. The molecule has 1 radical (unpaired) electrons. The van der Waals surface area contributed by atoms with E-state index in [1.807, 2.05) is 6.92 Å². The van der Waals surface area contributed by atoms with Crippen LogP contribution < -0.4 is 4.74 Å². The fourth-order valence-electron chi connectivity index (χ4n) is 1.19. The predicted octanol–water partition coefficient (Wildman–Crippen LogP) is 2.98. The molecule has 0 saturated carbocycles. The Morgan fingerprint density at radius 2 is 2.07 bits per heavy atom. The summed E-state index contributed by atoms with van der Waals surface area (Å²) in [4.78, 5) is 9.97. The number of non-ortho nitro benzene ring substituents is 1. The summed E-state index contributed by atoms with van der Waals surface area (Å²) in [5, 5.41) is 10.4.